The summed E-state index contributed by atoms with van der Waals surface area (Å²) in [6.07, 6.45) is 5.98. The summed E-state index contributed by atoms with van der Waals surface area (Å²) in [4.78, 5) is 0. The molecule has 1 saturated heterocycles. The van der Waals surface area contributed by atoms with Crippen molar-refractivity contribution in [3.05, 3.63) is 34.9 Å². The van der Waals surface area contributed by atoms with Crippen LogP contribution in [0.1, 0.15) is 37.7 Å². The SMILES string of the molecule is NNC1N[C@@H](CCC2(c3ccc(Cl)cc3)CCC2)CO1. The number of nitrogens with one attached hydrogen (secondary N) is 2. The predicted molar refractivity (Wildman–Crippen MR) is 80.2 cm³/mol. The Kier molecular flexibility index (Phi) is 4.29. The van der Waals surface area contributed by atoms with E-state index < -0.39 is 0 Å². The van der Waals surface area contributed by atoms with Gasteiger partial charge in [0, 0.05) is 11.1 Å². The second-order valence-corrected chi connectivity index (χ2v) is 6.36. The molecule has 1 aromatic rings. The van der Waals surface area contributed by atoms with E-state index in [0.29, 0.717) is 11.5 Å². The first-order valence-electron chi connectivity index (χ1n) is 7.32. The van der Waals surface area contributed by atoms with Gasteiger partial charge in [0.2, 0.25) is 0 Å². The Labute approximate surface area is 125 Å². The summed E-state index contributed by atoms with van der Waals surface area (Å²) in [6, 6.07) is 8.76. The average Bonchev–Trinajstić information content (AvgIpc) is 2.87. The van der Waals surface area contributed by atoms with Crippen LogP contribution in [-0.2, 0) is 10.2 Å². The molecule has 0 radical (unpaired) electrons. The summed E-state index contributed by atoms with van der Waals surface area (Å²) in [5.74, 6) is 5.37. The lowest BCUT2D eigenvalue weighted by Gasteiger charge is -2.43. The van der Waals surface area contributed by atoms with Crippen molar-refractivity contribution in [1.29, 1.82) is 0 Å². The third kappa shape index (κ3) is 2.85. The first-order chi connectivity index (χ1) is 9.72. The van der Waals surface area contributed by atoms with Gasteiger partial charge in [-0.3, -0.25) is 11.2 Å². The quantitative estimate of drug-likeness (QED) is 0.576. The molecular formula is C15H22ClN3O. The lowest BCUT2D eigenvalue weighted by Crippen LogP contribution is -2.45. The maximum absolute atomic E-state index is 5.99. The number of nitrogens with two attached hydrogens (primary N) is 1. The first kappa shape index (κ1) is 14.3. The predicted octanol–water partition coefficient (Wildman–Crippen LogP) is 2.28. The fourth-order valence-electron chi connectivity index (χ4n) is 3.33. The van der Waals surface area contributed by atoms with E-state index in [1.165, 1.54) is 31.2 Å². The smallest absolute Gasteiger partial charge is 0.176 e. The number of benzene rings is 1. The van der Waals surface area contributed by atoms with Crippen molar-refractivity contribution in [3.63, 3.8) is 0 Å². The molecule has 0 spiro atoms. The van der Waals surface area contributed by atoms with Crippen LogP contribution in [-0.4, -0.2) is 19.0 Å². The fraction of sp³-hybridized carbons (Fsp3) is 0.600. The van der Waals surface area contributed by atoms with Gasteiger partial charge in [-0.1, -0.05) is 30.2 Å². The minimum absolute atomic E-state index is 0.201. The van der Waals surface area contributed by atoms with Crippen molar-refractivity contribution < 1.29 is 4.74 Å². The average molecular weight is 296 g/mol. The lowest BCUT2D eigenvalue weighted by atomic mass is 9.62. The van der Waals surface area contributed by atoms with Crippen LogP contribution in [0.3, 0.4) is 0 Å². The summed E-state index contributed by atoms with van der Waals surface area (Å²) < 4.78 is 5.49. The van der Waals surface area contributed by atoms with Crippen LogP contribution in [0.2, 0.25) is 5.02 Å². The zero-order valence-corrected chi connectivity index (χ0v) is 12.3. The molecule has 1 heterocycles. The van der Waals surface area contributed by atoms with E-state index in [2.05, 4.69) is 22.9 Å². The highest BCUT2D eigenvalue weighted by Gasteiger charge is 2.39. The number of hydrogen-bond acceptors (Lipinski definition) is 4. The van der Waals surface area contributed by atoms with Crippen molar-refractivity contribution in [2.45, 2.75) is 49.9 Å². The van der Waals surface area contributed by atoms with Crippen molar-refractivity contribution in [2.24, 2.45) is 5.84 Å². The Balaban J connectivity index is 1.61. The molecule has 2 aliphatic rings. The zero-order chi connectivity index (χ0) is 14.0. The zero-order valence-electron chi connectivity index (χ0n) is 11.6. The Hall–Kier alpha value is -0.650. The summed E-state index contributed by atoms with van der Waals surface area (Å²) in [5, 5.41) is 4.15. The summed E-state index contributed by atoms with van der Waals surface area (Å²) in [6.45, 7) is 0.728. The minimum atomic E-state index is -0.201. The highest BCUT2D eigenvalue weighted by Crippen LogP contribution is 2.47. The van der Waals surface area contributed by atoms with Gasteiger partial charge in [-0.25, -0.2) is 5.43 Å². The van der Waals surface area contributed by atoms with Gasteiger partial charge in [0.05, 0.1) is 6.61 Å². The molecule has 1 aliphatic heterocycles. The summed E-state index contributed by atoms with van der Waals surface area (Å²) in [7, 11) is 0. The molecule has 0 aromatic heterocycles. The molecule has 0 bridgehead atoms. The molecule has 0 amide bonds. The van der Waals surface area contributed by atoms with Gasteiger partial charge >= 0.3 is 0 Å². The molecule has 1 aromatic carbocycles. The summed E-state index contributed by atoms with van der Waals surface area (Å²) in [5.41, 5.74) is 4.39. The van der Waals surface area contributed by atoms with Crippen LogP contribution in [0.4, 0.5) is 0 Å². The molecule has 2 fully saturated rings. The normalized spacial score (nSPS) is 28.3. The Morgan fingerprint density at radius 1 is 1.35 bits per heavy atom. The van der Waals surface area contributed by atoms with Crippen molar-refractivity contribution in [1.82, 2.24) is 10.7 Å². The molecule has 20 heavy (non-hydrogen) atoms. The van der Waals surface area contributed by atoms with E-state index in [4.69, 9.17) is 22.2 Å². The molecule has 110 valence electrons. The molecule has 5 heteroatoms. The van der Waals surface area contributed by atoms with Crippen molar-refractivity contribution >= 4 is 11.6 Å². The molecule has 3 rings (SSSR count). The van der Waals surface area contributed by atoms with E-state index in [0.717, 1.165) is 18.1 Å². The third-order valence-corrected chi connectivity index (χ3v) is 4.99. The van der Waals surface area contributed by atoms with Gasteiger partial charge in [-0.2, -0.15) is 0 Å². The highest BCUT2D eigenvalue weighted by molar-refractivity contribution is 6.30. The van der Waals surface area contributed by atoms with Gasteiger partial charge < -0.3 is 4.74 Å². The number of halogens is 1. The molecule has 1 aliphatic carbocycles. The van der Waals surface area contributed by atoms with Crippen LogP contribution in [0.5, 0.6) is 0 Å². The largest absolute Gasteiger partial charge is 0.347 e. The molecule has 4 N–H and O–H groups in total. The third-order valence-electron chi connectivity index (χ3n) is 4.74. The number of rotatable bonds is 5. The Morgan fingerprint density at radius 2 is 2.10 bits per heavy atom. The first-order valence-corrected chi connectivity index (χ1v) is 7.69. The second-order valence-electron chi connectivity index (χ2n) is 5.92. The standard InChI is InChI=1S/C15H22ClN3O/c16-12-4-2-11(3-5-12)15(7-1-8-15)9-6-13-10-20-14(18-13)19-17/h2-5,13-14,18-19H,1,6-10,17H2/t13-,14?/m0/s1. The fourth-order valence-corrected chi connectivity index (χ4v) is 3.45. The number of hydrazine groups is 1. The minimum Gasteiger partial charge on any atom is -0.347 e. The van der Waals surface area contributed by atoms with Gasteiger partial charge in [0.15, 0.2) is 6.35 Å². The number of ether oxygens (including phenoxy) is 1. The van der Waals surface area contributed by atoms with Crippen molar-refractivity contribution in [2.75, 3.05) is 6.61 Å². The van der Waals surface area contributed by atoms with E-state index in [9.17, 15) is 0 Å². The van der Waals surface area contributed by atoms with Gasteiger partial charge in [0.1, 0.15) is 0 Å². The monoisotopic (exact) mass is 295 g/mol. The Morgan fingerprint density at radius 3 is 2.65 bits per heavy atom. The maximum Gasteiger partial charge on any atom is 0.176 e. The van der Waals surface area contributed by atoms with E-state index in [1.54, 1.807) is 0 Å². The van der Waals surface area contributed by atoms with Crippen LogP contribution < -0.4 is 16.6 Å². The topological polar surface area (TPSA) is 59.3 Å². The van der Waals surface area contributed by atoms with Crippen LogP contribution in [0, 0.1) is 0 Å². The maximum atomic E-state index is 5.99. The van der Waals surface area contributed by atoms with Gasteiger partial charge in [-0.05, 0) is 48.8 Å². The molecule has 1 unspecified atom stereocenters. The number of hydrogen-bond donors (Lipinski definition) is 3. The van der Waals surface area contributed by atoms with Crippen molar-refractivity contribution in [3.8, 4) is 0 Å². The molecular weight excluding hydrogens is 274 g/mol. The van der Waals surface area contributed by atoms with Crippen LogP contribution >= 0.6 is 11.6 Å². The van der Waals surface area contributed by atoms with Crippen LogP contribution in [0.15, 0.2) is 24.3 Å². The van der Waals surface area contributed by atoms with E-state index in [1.807, 2.05) is 12.1 Å². The second kappa shape index (κ2) is 6.00. The van der Waals surface area contributed by atoms with Gasteiger partial charge in [0.25, 0.3) is 0 Å². The summed E-state index contributed by atoms with van der Waals surface area (Å²) >= 11 is 5.99. The molecule has 2 atom stereocenters. The van der Waals surface area contributed by atoms with Crippen LogP contribution in [0.25, 0.3) is 0 Å². The van der Waals surface area contributed by atoms with Gasteiger partial charge in [-0.15, -0.1) is 0 Å². The lowest BCUT2D eigenvalue weighted by molar-refractivity contribution is 0.0730. The molecule has 1 saturated carbocycles. The highest BCUT2D eigenvalue weighted by atomic mass is 35.5. The molecule has 4 nitrogen and oxygen atoms in total. The Bertz CT molecular complexity index is 447. The van der Waals surface area contributed by atoms with E-state index in [-0.39, 0.29) is 6.35 Å². The van der Waals surface area contributed by atoms with E-state index >= 15 is 0 Å².